The first kappa shape index (κ1) is 16.8. The van der Waals surface area contributed by atoms with Crippen LogP contribution in [0, 0.1) is 6.92 Å². The van der Waals surface area contributed by atoms with E-state index in [9.17, 15) is 4.79 Å². The number of rotatable bonds is 4. The molecule has 2 rings (SSSR count). The lowest BCUT2D eigenvalue weighted by Crippen LogP contribution is -2.37. The van der Waals surface area contributed by atoms with Gasteiger partial charge in [-0.1, -0.05) is 0 Å². The third-order valence-electron chi connectivity index (χ3n) is 3.71. The summed E-state index contributed by atoms with van der Waals surface area (Å²) in [6.07, 6.45) is -0.164. The summed E-state index contributed by atoms with van der Waals surface area (Å²) in [4.78, 5) is 11.6. The number of ether oxygens (including phenoxy) is 4. The summed E-state index contributed by atoms with van der Waals surface area (Å²) in [5.74, 6) is -0.268. The van der Waals surface area contributed by atoms with E-state index in [2.05, 4.69) is 0 Å². The lowest BCUT2D eigenvalue weighted by atomic mass is 10.0. The van der Waals surface area contributed by atoms with Crippen molar-refractivity contribution in [2.45, 2.75) is 52.1 Å². The van der Waals surface area contributed by atoms with Crippen LogP contribution < -0.4 is 4.74 Å². The zero-order chi connectivity index (χ0) is 16.5. The molecule has 0 N–H and O–H groups in total. The van der Waals surface area contributed by atoms with E-state index in [0.717, 1.165) is 5.56 Å². The number of hydrogen-bond donors (Lipinski definition) is 0. The Balaban J connectivity index is 2.03. The van der Waals surface area contributed by atoms with Gasteiger partial charge in [-0.05, 0) is 58.4 Å². The Hall–Kier alpha value is -1.59. The van der Waals surface area contributed by atoms with Crippen molar-refractivity contribution in [3.05, 3.63) is 29.3 Å². The van der Waals surface area contributed by atoms with Gasteiger partial charge >= 0.3 is 5.97 Å². The second-order valence-electron chi connectivity index (χ2n) is 6.49. The molecular weight excluding hydrogens is 284 g/mol. The van der Waals surface area contributed by atoms with Crippen molar-refractivity contribution in [2.24, 2.45) is 0 Å². The van der Waals surface area contributed by atoms with E-state index in [-0.39, 0.29) is 12.1 Å². The summed E-state index contributed by atoms with van der Waals surface area (Å²) in [5.41, 5.74) is 0.939. The minimum Gasteiger partial charge on any atom is -0.491 e. The van der Waals surface area contributed by atoms with Crippen LogP contribution in [0.4, 0.5) is 0 Å². The van der Waals surface area contributed by atoms with Crippen molar-refractivity contribution in [1.29, 1.82) is 0 Å². The van der Waals surface area contributed by atoms with Crippen LogP contribution in [0.25, 0.3) is 0 Å². The molecule has 5 heteroatoms. The van der Waals surface area contributed by atoms with Crippen molar-refractivity contribution < 1.29 is 23.7 Å². The van der Waals surface area contributed by atoms with E-state index in [4.69, 9.17) is 18.9 Å². The number of hydrogen-bond acceptors (Lipinski definition) is 5. The van der Waals surface area contributed by atoms with Crippen LogP contribution in [-0.4, -0.2) is 37.2 Å². The van der Waals surface area contributed by atoms with Gasteiger partial charge < -0.3 is 18.9 Å². The Labute approximate surface area is 131 Å². The monoisotopic (exact) mass is 308 g/mol. The fourth-order valence-electron chi connectivity index (χ4n) is 2.68. The number of carbonyl (C=O) groups excluding carboxylic acids is 1. The molecule has 0 aliphatic carbocycles. The van der Waals surface area contributed by atoms with Gasteiger partial charge in [0.25, 0.3) is 0 Å². The van der Waals surface area contributed by atoms with E-state index >= 15 is 0 Å². The molecule has 0 saturated carbocycles. The molecule has 5 nitrogen and oxygen atoms in total. The van der Waals surface area contributed by atoms with Gasteiger partial charge in [0.15, 0.2) is 5.79 Å². The number of methoxy groups -OCH3 is 1. The molecule has 0 spiro atoms. The van der Waals surface area contributed by atoms with Crippen molar-refractivity contribution in [1.82, 2.24) is 0 Å². The highest BCUT2D eigenvalue weighted by molar-refractivity contribution is 5.91. The van der Waals surface area contributed by atoms with Crippen molar-refractivity contribution in [2.75, 3.05) is 13.7 Å². The van der Waals surface area contributed by atoms with Crippen LogP contribution >= 0.6 is 0 Å². The Kier molecular flexibility index (Phi) is 4.49. The summed E-state index contributed by atoms with van der Waals surface area (Å²) >= 11 is 0. The summed E-state index contributed by atoms with van der Waals surface area (Å²) < 4.78 is 22.3. The molecule has 1 atom stereocenters. The fraction of sp³-hybridized carbons (Fsp3) is 0.588. The first-order valence-corrected chi connectivity index (χ1v) is 7.34. The maximum atomic E-state index is 11.6. The Bertz CT molecular complexity index is 562. The molecule has 1 aromatic carbocycles. The van der Waals surface area contributed by atoms with Crippen LogP contribution in [0.5, 0.6) is 5.75 Å². The summed E-state index contributed by atoms with van der Waals surface area (Å²) in [6.45, 7) is 9.99. The molecule has 0 bridgehead atoms. The number of aryl methyl sites for hydroxylation is 1. The van der Waals surface area contributed by atoms with Crippen molar-refractivity contribution in [3.8, 4) is 5.75 Å². The molecule has 1 heterocycles. The first-order valence-electron chi connectivity index (χ1n) is 7.34. The topological polar surface area (TPSA) is 54.0 Å². The number of benzene rings is 1. The maximum absolute atomic E-state index is 11.6. The van der Waals surface area contributed by atoms with Crippen molar-refractivity contribution >= 4 is 5.97 Å². The second kappa shape index (κ2) is 5.89. The molecule has 0 radical (unpaired) electrons. The minimum absolute atomic E-state index is 0.164. The van der Waals surface area contributed by atoms with Gasteiger partial charge in [-0.3, -0.25) is 0 Å². The summed E-state index contributed by atoms with van der Waals surface area (Å²) in [6, 6.07) is 5.28. The van der Waals surface area contributed by atoms with E-state index in [1.807, 2.05) is 40.7 Å². The predicted octanol–water partition coefficient (Wildman–Crippen LogP) is 3.09. The minimum atomic E-state index is -0.609. The van der Waals surface area contributed by atoms with E-state index in [0.29, 0.717) is 17.9 Å². The molecule has 1 saturated heterocycles. The fourth-order valence-corrected chi connectivity index (χ4v) is 2.68. The average Bonchev–Trinajstić information content (AvgIpc) is 2.63. The quantitative estimate of drug-likeness (QED) is 0.800. The highest BCUT2D eigenvalue weighted by atomic mass is 16.8. The van der Waals surface area contributed by atoms with Gasteiger partial charge in [-0.15, -0.1) is 0 Å². The van der Waals surface area contributed by atoms with Gasteiger partial charge in [0.1, 0.15) is 18.5 Å². The molecule has 1 aliphatic rings. The number of esters is 1. The summed E-state index contributed by atoms with van der Waals surface area (Å²) in [5, 5.41) is 0. The molecule has 1 aromatic rings. The van der Waals surface area contributed by atoms with E-state index in [1.165, 1.54) is 7.11 Å². The molecule has 122 valence electrons. The van der Waals surface area contributed by atoms with Crippen LogP contribution in [0.1, 0.15) is 43.6 Å². The van der Waals surface area contributed by atoms with Gasteiger partial charge in [-0.2, -0.15) is 0 Å². The Morgan fingerprint density at radius 1 is 1.27 bits per heavy atom. The smallest absolute Gasteiger partial charge is 0.338 e. The SMILES string of the molecule is COC(=O)c1ccc(OC[C@@H]2OC(C)(C)OC2(C)C)cc1C. The highest BCUT2D eigenvalue weighted by Gasteiger charge is 2.47. The van der Waals surface area contributed by atoms with Crippen LogP contribution in [-0.2, 0) is 14.2 Å². The van der Waals surface area contributed by atoms with Gasteiger partial charge in [-0.25, -0.2) is 4.79 Å². The molecule has 0 aromatic heterocycles. The van der Waals surface area contributed by atoms with E-state index in [1.54, 1.807) is 12.1 Å². The van der Waals surface area contributed by atoms with Gasteiger partial charge in [0.2, 0.25) is 0 Å². The Morgan fingerprint density at radius 2 is 1.95 bits per heavy atom. The largest absolute Gasteiger partial charge is 0.491 e. The highest BCUT2D eigenvalue weighted by Crippen LogP contribution is 2.36. The second-order valence-corrected chi connectivity index (χ2v) is 6.49. The van der Waals surface area contributed by atoms with Crippen molar-refractivity contribution in [3.63, 3.8) is 0 Å². The standard InChI is InChI=1S/C17H24O5/c1-11-9-12(7-8-13(11)15(18)19-6)20-10-14-16(2,3)22-17(4,5)21-14/h7-9,14H,10H2,1-6H3/t14-/m0/s1. The average molecular weight is 308 g/mol. The zero-order valence-corrected chi connectivity index (χ0v) is 14.1. The molecule has 22 heavy (non-hydrogen) atoms. The van der Waals surface area contributed by atoms with Gasteiger partial charge in [0, 0.05) is 0 Å². The zero-order valence-electron chi connectivity index (χ0n) is 14.1. The third kappa shape index (κ3) is 3.59. The normalized spacial score (nSPS) is 22.4. The Morgan fingerprint density at radius 3 is 2.45 bits per heavy atom. The molecule has 1 fully saturated rings. The molecule has 0 amide bonds. The molecule has 0 unspecified atom stereocenters. The first-order chi connectivity index (χ1) is 10.1. The lowest BCUT2D eigenvalue weighted by molar-refractivity contribution is -0.158. The van der Waals surface area contributed by atoms with Crippen LogP contribution in [0.3, 0.4) is 0 Å². The maximum Gasteiger partial charge on any atom is 0.338 e. The summed E-state index contributed by atoms with van der Waals surface area (Å²) in [7, 11) is 1.37. The molecular formula is C17H24O5. The third-order valence-corrected chi connectivity index (χ3v) is 3.71. The van der Waals surface area contributed by atoms with Gasteiger partial charge in [0.05, 0.1) is 18.3 Å². The van der Waals surface area contributed by atoms with E-state index < -0.39 is 11.4 Å². The lowest BCUT2D eigenvalue weighted by Gasteiger charge is -2.24. The molecule has 1 aliphatic heterocycles. The van der Waals surface area contributed by atoms with Crippen LogP contribution in [0.2, 0.25) is 0 Å². The van der Waals surface area contributed by atoms with Crippen LogP contribution in [0.15, 0.2) is 18.2 Å². The number of carbonyl (C=O) groups is 1. The predicted molar refractivity (Wildman–Crippen MR) is 82.1 cm³/mol.